The van der Waals surface area contributed by atoms with Crippen LogP contribution in [-0.4, -0.2) is 82.9 Å². The summed E-state index contributed by atoms with van der Waals surface area (Å²) in [6, 6.07) is 17.7. The number of carboxylic acids is 2. The van der Waals surface area contributed by atoms with Crippen molar-refractivity contribution in [2.45, 2.75) is 31.7 Å². The maximum absolute atomic E-state index is 15.3. The number of alkyl halides is 9. The van der Waals surface area contributed by atoms with Crippen LogP contribution in [0.25, 0.3) is 22.3 Å². The van der Waals surface area contributed by atoms with E-state index >= 15 is 4.39 Å². The highest BCUT2D eigenvalue weighted by Gasteiger charge is 2.39. The molecule has 16 nitrogen and oxygen atoms in total. The van der Waals surface area contributed by atoms with Crippen molar-refractivity contribution in [2.24, 2.45) is 0 Å². The Morgan fingerprint density at radius 1 is 0.869 bits per heavy atom. The number of halogens is 10. The molecule has 0 unspecified atom stereocenters. The van der Waals surface area contributed by atoms with Gasteiger partial charge in [-0.3, -0.25) is 4.79 Å². The van der Waals surface area contributed by atoms with Crippen LogP contribution in [0.3, 0.4) is 0 Å². The standard InChI is InChI=1S/C31H24F4N8O4.2C2HF3O2/c1-41(30(45)46-17-18-5-3-2-4-6-18)16-27-37-11-12-42(27)19-7-9-23(22(32)14-19)38-29(44)24-15-26(31(33,34)35)39-43(24)20-8-10-25-21(13-20)28(36)40-47-25;2*3-2(4,5)1(6)7/h2-15H,16-17H2,1H3,(H2,36,40)(H,38,44);2*(H,6,7). The predicted octanol–water partition coefficient (Wildman–Crippen LogP) is 7.23. The van der Waals surface area contributed by atoms with Crippen LogP contribution in [0.4, 0.5) is 60.2 Å². The number of carboxylic acid groups (broad SMARTS) is 2. The molecule has 0 spiro atoms. The molecule has 0 bridgehead atoms. The van der Waals surface area contributed by atoms with E-state index in [1.807, 2.05) is 30.3 Å². The van der Waals surface area contributed by atoms with Crippen molar-refractivity contribution >= 4 is 46.4 Å². The molecule has 61 heavy (non-hydrogen) atoms. The number of benzene rings is 3. The quantitative estimate of drug-likeness (QED) is 0.111. The molecule has 6 aromatic rings. The number of hydrogen-bond donors (Lipinski definition) is 4. The number of anilines is 2. The van der Waals surface area contributed by atoms with Crippen LogP contribution in [0.15, 0.2) is 89.7 Å². The number of aliphatic carboxylic acids is 2. The van der Waals surface area contributed by atoms with Crippen molar-refractivity contribution in [3.63, 3.8) is 0 Å². The monoisotopic (exact) mass is 876 g/mol. The molecule has 2 amide bonds. The number of ether oxygens (including phenoxy) is 1. The molecule has 3 aromatic carbocycles. The van der Waals surface area contributed by atoms with Crippen molar-refractivity contribution in [3.8, 4) is 11.4 Å². The fraction of sp³-hybridized carbons (Fsp3) is 0.171. The van der Waals surface area contributed by atoms with E-state index in [9.17, 15) is 49.1 Å². The molecular formula is C35H26F10N8O8. The van der Waals surface area contributed by atoms with E-state index in [0.717, 1.165) is 16.3 Å². The number of nitrogens with zero attached hydrogens (tertiary/aromatic N) is 6. The Morgan fingerprint density at radius 2 is 1.48 bits per heavy atom. The third-order valence-corrected chi connectivity index (χ3v) is 7.54. The van der Waals surface area contributed by atoms with Gasteiger partial charge in [-0.15, -0.1) is 0 Å². The van der Waals surface area contributed by atoms with Gasteiger partial charge in [-0.2, -0.15) is 44.6 Å². The van der Waals surface area contributed by atoms with Gasteiger partial charge < -0.3 is 40.0 Å². The second kappa shape index (κ2) is 18.5. The number of nitrogens with two attached hydrogens (primary N) is 1. The lowest BCUT2D eigenvalue weighted by Gasteiger charge is -2.18. The Kier molecular flexibility index (Phi) is 14.0. The molecule has 0 saturated heterocycles. The Bertz CT molecular complexity index is 2490. The number of hydrogen-bond acceptors (Lipinski definition) is 10. The van der Waals surface area contributed by atoms with Crippen molar-refractivity contribution in [1.29, 1.82) is 0 Å². The van der Waals surface area contributed by atoms with Gasteiger partial charge in [0.25, 0.3) is 5.91 Å². The average molecular weight is 877 g/mol. The molecule has 6 rings (SSSR count). The van der Waals surface area contributed by atoms with Crippen molar-refractivity contribution in [3.05, 3.63) is 114 Å². The Morgan fingerprint density at radius 3 is 2.05 bits per heavy atom. The molecular weight excluding hydrogens is 850 g/mol. The van der Waals surface area contributed by atoms with Gasteiger partial charge in [-0.05, 0) is 35.9 Å². The summed E-state index contributed by atoms with van der Waals surface area (Å²) in [4.78, 5) is 49.1. The van der Waals surface area contributed by atoms with Crippen LogP contribution in [0.2, 0.25) is 0 Å². The van der Waals surface area contributed by atoms with Gasteiger partial charge in [0.05, 0.1) is 23.3 Å². The summed E-state index contributed by atoms with van der Waals surface area (Å²) in [6.07, 6.45) is -12.6. The topological polar surface area (TPSA) is 221 Å². The predicted molar refractivity (Wildman–Crippen MR) is 187 cm³/mol. The summed E-state index contributed by atoms with van der Waals surface area (Å²) < 4.78 is 132. The largest absolute Gasteiger partial charge is 0.490 e. The van der Waals surface area contributed by atoms with Gasteiger partial charge >= 0.3 is 36.6 Å². The summed E-state index contributed by atoms with van der Waals surface area (Å²) in [5.74, 6) is -7.08. The number of carbonyl (C=O) groups is 4. The molecule has 0 atom stereocenters. The smallest absolute Gasteiger partial charge is 0.475 e. The summed E-state index contributed by atoms with van der Waals surface area (Å²) in [6.45, 7) is 0.111. The SMILES string of the molecule is CN(Cc1nccn1-c1ccc(NC(=O)c2cc(C(F)(F)F)nn2-c2ccc3onc(N)c3c2)c(F)c1)C(=O)OCc1ccccc1.O=C(O)C(F)(F)F.O=C(O)C(F)(F)F. The minimum absolute atomic E-state index is 0.00565. The zero-order valence-corrected chi connectivity index (χ0v) is 30.4. The molecule has 324 valence electrons. The van der Waals surface area contributed by atoms with Crippen LogP contribution < -0.4 is 11.1 Å². The highest BCUT2D eigenvalue weighted by molar-refractivity contribution is 6.04. The van der Waals surface area contributed by atoms with Gasteiger partial charge in [0.2, 0.25) is 0 Å². The maximum Gasteiger partial charge on any atom is 0.490 e. The maximum atomic E-state index is 15.3. The normalized spacial score (nSPS) is 11.5. The van der Waals surface area contributed by atoms with Gasteiger partial charge in [-0.25, -0.2) is 28.4 Å². The zero-order chi connectivity index (χ0) is 45.4. The first kappa shape index (κ1) is 46.0. The van der Waals surface area contributed by atoms with E-state index in [4.69, 9.17) is 34.8 Å². The van der Waals surface area contributed by atoms with E-state index in [1.54, 1.807) is 6.20 Å². The van der Waals surface area contributed by atoms with Gasteiger partial charge in [0, 0.05) is 37.3 Å². The summed E-state index contributed by atoms with van der Waals surface area (Å²) in [5.41, 5.74) is 5.08. The average Bonchev–Trinajstić information content (AvgIpc) is 3.94. The fourth-order valence-electron chi connectivity index (χ4n) is 4.69. The van der Waals surface area contributed by atoms with E-state index in [0.29, 0.717) is 23.0 Å². The van der Waals surface area contributed by atoms with E-state index in [1.165, 1.54) is 53.0 Å². The first-order valence-electron chi connectivity index (χ1n) is 16.3. The lowest BCUT2D eigenvalue weighted by atomic mass is 10.2. The molecule has 0 aliphatic heterocycles. The second-order valence-electron chi connectivity index (χ2n) is 11.9. The molecule has 26 heteroatoms. The van der Waals surface area contributed by atoms with Crippen LogP contribution in [-0.2, 0) is 33.7 Å². The van der Waals surface area contributed by atoms with E-state index in [-0.39, 0.29) is 35.9 Å². The highest BCUT2D eigenvalue weighted by atomic mass is 19.4. The fourth-order valence-corrected chi connectivity index (χ4v) is 4.69. The molecule has 5 N–H and O–H groups in total. The molecule has 3 heterocycles. The Balaban J connectivity index is 0.000000504. The third kappa shape index (κ3) is 12.2. The number of imidazole rings is 1. The molecule has 0 fully saturated rings. The Hall–Kier alpha value is -7.67. The zero-order valence-electron chi connectivity index (χ0n) is 30.4. The van der Waals surface area contributed by atoms with Crippen molar-refractivity contribution < 1.29 is 82.6 Å². The summed E-state index contributed by atoms with van der Waals surface area (Å²) in [7, 11) is 1.53. The number of nitrogens with one attached hydrogen (secondary N) is 1. The second-order valence-corrected chi connectivity index (χ2v) is 11.9. The molecule has 0 aliphatic rings. The van der Waals surface area contributed by atoms with Crippen LogP contribution in [0.1, 0.15) is 27.6 Å². The number of amides is 2. The number of carbonyl (C=O) groups excluding carboxylic acids is 2. The number of fused-ring (bicyclic) bond motifs is 1. The van der Waals surface area contributed by atoms with Gasteiger partial charge in [0.1, 0.15) is 23.9 Å². The lowest BCUT2D eigenvalue weighted by Crippen LogP contribution is -2.28. The van der Waals surface area contributed by atoms with Crippen molar-refractivity contribution in [2.75, 3.05) is 18.1 Å². The summed E-state index contributed by atoms with van der Waals surface area (Å²) in [5, 5.41) is 24.1. The minimum Gasteiger partial charge on any atom is -0.475 e. The van der Waals surface area contributed by atoms with Crippen LogP contribution in [0.5, 0.6) is 0 Å². The number of rotatable bonds is 8. The molecule has 0 saturated carbocycles. The highest BCUT2D eigenvalue weighted by Crippen LogP contribution is 2.31. The molecule has 0 radical (unpaired) electrons. The van der Waals surface area contributed by atoms with E-state index < -0.39 is 59.7 Å². The summed E-state index contributed by atoms with van der Waals surface area (Å²) >= 11 is 0. The van der Waals surface area contributed by atoms with E-state index in [2.05, 4.69) is 20.6 Å². The number of aromatic nitrogens is 5. The minimum atomic E-state index is -5.08. The first-order chi connectivity index (χ1) is 28.4. The lowest BCUT2D eigenvalue weighted by molar-refractivity contribution is -0.193. The Labute approximate surface area is 333 Å². The van der Waals surface area contributed by atoms with Crippen LogP contribution >= 0.6 is 0 Å². The van der Waals surface area contributed by atoms with Gasteiger partial charge in [-0.1, -0.05) is 35.5 Å². The molecule has 0 aliphatic carbocycles. The third-order valence-electron chi connectivity index (χ3n) is 7.54. The molecule has 3 aromatic heterocycles. The van der Waals surface area contributed by atoms with Gasteiger partial charge in [0.15, 0.2) is 17.1 Å². The number of nitrogen functional groups attached to an aromatic ring is 1. The first-order valence-corrected chi connectivity index (χ1v) is 16.3. The van der Waals surface area contributed by atoms with Crippen molar-refractivity contribution in [1.82, 2.24) is 29.4 Å². The van der Waals surface area contributed by atoms with Crippen LogP contribution in [0, 0.1) is 5.82 Å².